The molecule has 0 amide bonds. The first-order valence-corrected chi connectivity index (χ1v) is 10.8. The van der Waals surface area contributed by atoms with Crippen LogP contribution in [0.2, 0.25) is 0 Å². The lowest BCUT2D eigenvalue weighted by Gasteiger charge is -2.25. The normalized spacial score (nSPS) is 24.7. The van der Waals surface area contributed by atoms with E-state index in [1.807, 2.05) is 60.3 Å². The van der Waals surface area contributed by atoms with Crippen LogP contribution in [0.5, 0.6) is 0 Å². The van der Waals surface area contributed by atoms with Crippen molar-refractivity contribution in [3.63, 3.8) is 0 Å². The van der Waals surface area contributed by atoms with Gasteiger partial charge in [0.05, 0.1) is 4.90 Å². The molecule has 2 saturated heterocycles. The van der Waals surface area contributed by atoms with Crippen molar-refractivity contribution in [3.8, 4) is 11.1 Å². The van der Waals surface area contributed by atoms with Gasteiger partial charge >= 0.3 is 0 Å². The minimum atomic E-state index is -3.47. The fourth-order valence-corrected chi connectivity index (χ4v) is 7.04. The van der Waals surface area contributed by atoms with Gasteiger partial charge in [0.25, 0.3) is 0 Å². The number of benzene rings is 2. The average molecular weight is 360 g/mol. The summed E-state index contributed by atoms with van der Waals surface area (Å²) in [5.41, 5.74) is 1.74. The number of hydrogen-bond donors (Lipinski definition) is 0. The van der Waals surface area contributed by atoms with Crippen LogP contribution in [0.3, 0.4) is 0 Å². The highest BCUT2D eigenvalue weighted by molar-refractivity contribution is 8.00. The number of fused-ring (bicyclic) bond motifs is 2. The molecule has 2 aromatic rings. The van der Waals surface area contributed by atoms with Gasteiger partial charge in [-0.05, 0) is 30.9 Å². The predicted octanol–water partition coefficient (Wildman–Crippen LogP) is 4.01. The van der Waals surface area contributed by atoms with Gasteiger partial charge in [-0.1, -0.05) is 48.5 Å². The van der Waals surface area contributed by atoms with Gasteiger partial charge in [0.2, 0.25) is 10.0 Å². The molecular formula is C19H21NO2S2. The molecule has 2 heterocycles. The third kappa shape index (κ3) is 3.01. The highest BCUT2D eigenvalue weighted by Gasteiger charge is 2.36. The molecule has 4 rings (SSSR count). The second-order valence-corrected chi connectivity index (χ2v) is 9.98. The Morgan fingerprint density at radius 2 is 1.58 bits per heavy atom. The molecule has 2 aliphatic rings. The number of thioether (sulfide) groups is 1. The predicted molar refractivity (Wildman–Crippen MR) is 99.7 cm³/mol. The van der Waals surface area contributed by atoms with Crippen molar-refractivity contribution in [1.82, 2.24) is 4.31 Å². The van der Waals surface area contributed by atoms with Crippen LogP contribution in [0.4, 0.5) is 0 Å². The van der Waals surface area contributed by atoms with Crippen molar-refractivity contribution >= 4 is 21.8 Å². The first kappa shape index (κ1) is 16.2. The van der Waals surface area contributed by atoms with Crippen LogP contribution >= 0.6 is 11.8 Å². The van der Waals surface area contributed by atoms with Crippen molar-refractivity contribution in [2.24, 2.45) is 0 Å². The van der Waals surface area contributed by atoms with E-state index in [1.165, 1.54) is 6.42 Å². The van der Waals surface area contributed by atoms with E-state index in [-0.39, 0.29) is 0 Å². The topological polar surface area (TPSA) is 37.4 Å². The Bertz CT molecular complexity index is 820. The van der Waals surface area contributed by atoms with Crippen LogP contribution in [-0.4, -0.2) is 36.3 Å². The molecule has 2 unspecified atom stereocenters. The van der Waals surface area contributed by atoms with E-state index in [0.29, 0.717) is 28.5 Å². The molecule has 2 atom stereocenters. The van der Waals surface area contributed by atoms with Gasteiger partial charge in [-0.25, -0.2) is 8.42 Å². The van der Waals surface area contributed by atoms with E-state index >= 15 is 0 Å². The second kappa shape index (κ2) is 6.54. The Labute approximate surface area is 148 Å². The Balaban J connectivity index is 1.73. The fraction of sp³-hybridized carbons (Fsp3) is 0.368. The smallest absolute Gasteiger partial charge is 0.207 e. The third-order valence-electron chi connectivity index (χ3n) is 4.89. The third-order valence-corrected chi connectivity index (χ3v) is 8.44. The summed E-state index contributed by atoms with van der Waals surface area (Å²) in [6.45, 7) is 1.28. The molecule has 0 aromatic heterocycles. The van der Waals surface area contributed by atoms with Crippen molar-refractivity contribution < 1.29 is 8.42 Å². The van der Waals surface area contributed by atoms with Crippen molar-refractivity contribution in [3.05, 3.63) is 54.6 Å². The Morgan fingerprint density at radius 3 is 2.42 bits per heavy atom. The molecule has 24 heavy (non-hydrogen) atoms. The largest absolute Gasteiger partial charge is 0.243 e. The van der Waals surface area contributed by atoms with E-state index in [4.69, 9.17) is 0 Å². The number of nitrogens with zero attached hydrogens (tertiary/aromatic N) is 1. The highest BCUT2D eigenvalue weighted by Crippen LogP contribution is 2.40. The van der Waals surface area contributed by atoms with E-state index < -0.39 is 10.0 Å². The van der Waals surface area contributed by atoms with Crippen LogP contribution < -0.4 is 0 Å². The summed E-state index contributed by atoms with van der Waals surface area (Å²) >= 11 is 1.98. The summed E-state index contributed by atoms with van der Waals surface area (Å²) in [5, 5.41) is 1.09. The maximum atomic E-state index is 13.3. The summed E-state index contributed by atoms with van der Waals surface area (Å²) in [6, 6.07) is 17.1. The van der Waals surface area contributed by atoms with E-state index in [1.54, 1.807) is 10.4 Å². The van der Waals surface area contributed by atoms with Gasteiger partial charge in [-0.2, -0.15) is 16.1 Å². The van der Waals surface area contributed by atoms with Crippen LogP contribution in [0.25, 0.3) is 11.1 Å². The Kier molecular flexibility index (Phi) is 4.41. The molecule has 5 heteroatoms. The summed E-state index contributed by atoms with van der Waals surface area (Å²) in [5.74, 6) is 0. The molecule has 2 bridgehead atoms. The maximum absolute atomic E-state index is 13.3. The molecule has 0 radical (unpaired) electrons. The number of hydrogen-bond acceptors (Lipinski definition) is 3. The van der Waals surface area contributed by atoms with Crippen molar-refractivity contribution in [2.45, 2.75) is 34.7 Å². The van der Waals surface area contributed by atoms with Gasteiger partial charge < -0.3 is 0 Å². The molecule has 3 nitrogen and oxygen atoms in total. The zero-order valence-corrected chi connectivity index (χ0v) is 15.1. The molecule has 0 aliphatic carbocycles. The quantitative estimate of drug-likeness (QED) is 0.831. The SMILES string of the molecule is O=S(=O)(c1ccccc1-c1ccccc1)N1CCC2CCC(C1)S2. The van der Waals surface area contributed by atoms with Crippen molar-refractivity contribution in [1.29, 1.82) is 0 Å². The van der Waals surface area contributed by atoms with E-state index in [0.717, 1.165) is 24.0 Å². The first-order chi connectivity index (χ1) is 11.6. The monoisotopic (exact) mass is 359 g/mol. The molecule has 2 aromatic carbocycles. The fourth-order valence-electron chi connectivity index (χ4n) is 3.64. The van der Waals surface area contributed by atoms with Gasteiger partial charge in [-0.15, -0.1) is 0 Å². The van der Waals surface area contributed by atoms with Crippen LogP contribution in [0, 0.1) is 0 Å². The first-order valence-electron chi connectivity index (χ1n) is 8.44. The highest BCUT2D eigenvalue weighted by atomic mass is 32.2. The molecule has 2 aliphatic heterocycles. The molecule has 2 fully saturated rings. The van der Waals surface area contributed by atoms with Crippen LogP contribution in [0.15, 0.2) is 59.5 Å². The lowest BCUT2D eigenvalue weighted by Crippen LogP contribution is -2.36. The molecule has 0 N–H and O–H groups in total. The van der Waals surface area contributed by atoms with Gasteiger partial charge in [0.1, 0.15) is 0 Å². The average Bonchev–Trinajstić information content (AvgIpc) is 2.94. The van der Waals surface area contributed by atoms with Gasteiger partial charge in [-0.3, -0.25) is 0 Å². The van der Waals surface area contributed by atoms with Crippen LogP contribution in [-0.2, 0) is 10.0 Å². The minimum absolute atomic E-state index is 0.430. The molecule has 126 valence electrons. The van der Waals surface area contributed by atoms with Gasteiger partial charge in [0, 0.05) is 29.2 Å². The summed E-state index contributed by atoms with van der Waals surface area (Å²) < 4.78 is 28.4. The van der Waals surface area contributed by atoms with Gasteiger partial charge in [0.15, 0.2) is 0 Å². The standard InChI is InChI=1S/C19H21NO2S2/c21-24(22,20-13-12-16-10-11-17(14-20)23-16)19-9-5-4-8-18(19)15-6-2-1-3-7-15/h1-9,16-17H,10-14H2. The lowest BCUT2D eigenvalue weighted by atomic mass is 10.1. The lowest BCUT2D eigenvalue weighted by molar-refractivity contribution is 0.387. The van der Waals surface area contributed by atoms with E-state index in [9.17, 15) is 8.42 Å². The molecule has 0 saturated carbocycles. The Hall–Kier alpha value is -1.30. The minimum Gasteiger partial charge on any atom is -0.207 e. The maximum Gasteiger partial charge on any atom is 0.243 e. The molecular weight excluding hydrogens is 338 g/mol. The number of sulfonamides is 1. The summed E-state index contributed by atoms with van der Waals surface area (Å²) in [6.07, 6.45) is 3.35. The van der Waals surface area contributed by atoms with Crippen molar-refractivity contribution in [2.75, 3.05) is 13.1 Å². The second-order valence-electron chi connectivity index (χ2n) is 6.47. The zero-order chi connectivity index (χ0) is 16.6. The van der Waals surface area contributed by atoms with E-state index in [2.05, 4.69) is 0 Å². The molecule has 0 spiro atoms. The number of rotatable bonds is 3. The zero-order valence-electron chi connectivity index (χ0n) is 13.5. The Morgan fingerprint density at radius 1 is 0.875 bits per heavy atom. The summed E-state index contributed by atoms with van der Waals surface area (Å²) in [4.78, 5) is 0.430. The van der Waals surface area contributed by atoms with Crippen LogP contribution in [0.1, 0.15) is 19.3 Å². The summed E-state index contributed by atoms with van der Waals surface area (Å²) in [7, 11) is -3.47.